The fourth-order valence-corrected chi connectivity index (χ4v) is 5.11. The molecule has 194 valence electrons. The Morgan fingerprint density at radius 2 is 1.34 bits per heavy atom. The van der Waals surface area contributed by atoms with E-state index in [4.69, 9.17) is 16.3 Å². The summed E-state index contributed by atoms with van der Waals surface area (Å²) in [6.45, 7) is 5.89. The monoisotopic (exact) mass is 527 g/mol. The molecule has 38 heavy (non-hydrogen) atoms. The fraction of sp³-hybridized carbons (Fsp3) is 0.226. The topological polar surface area (TPSA) is 54.8 Å². The lowest BCUT2D eigenvalue weighted by Crippen LogP contribution is -2.50. The van der Waals surface area contributed by atoms with Crippen LogP contribution in [0.4, 0.5) is 0 Å². The molecule has 1 aromatic heterocycles. The molecule has 1 aliphatic rings. The number of aryl methyl sites for hydroxylation is 1. The number of ether oxygens (including phenoxy) is 1. The minimum atomic E-state index is -0.0343. The van der Waals surface area contributed by atoms with Gasteiger partial charge in [0, 0.05) is 48.1 Å². The maximum absolute atomic E-state index is 13.8. The predicted molar refractivity (Wildman–Crippen MR) is 150 cm³/mol. The summed E-state index contributed by atoms with van der Waals surface area (Å²) in [6, 6.07) is 25.0. The summed E-state index contributed by atoms with van der Waals surface area (Å²) in [5, 5.41) is 0.655. The third-order valence-electron chi connectivity index (χ3n) is 7.18. The van der Waals surface area contributed by atoms with E-state index in [9.17, 15) is 9.59 Å². The molecule has 0 atom stereocenters. The first kappa shape index (κ1) is 25.6. The molecule has 0 unspecified atom stereocenters. The van der Waals surface area contributed by atoms with Crippen LogP contribution < -0.4 is 4.74 Å². The zero-order valence-corrected chi connectivity index (χ0v) is 22.5. The highest BCUT2D eigenvalue weighted by molar-refractivity contribution is 6.30. The molecule has 0 radical (unpaired) electrons. The van der Waals surface area contributed by atoms with E-state index in [1.165, 1.54) is 0 Å². The zero-order chi connectivity index (χ0) is 26.8. The van der Waals surface area contributed by atoms with Crippen molar-refractivity contribution < 1.29 is 14.3 Å². The molecule has 0 spiro atoms. The van der Waals surface area contributed by atoms with E-state index in [1.807, 2.05) is 103 Å². The van der Waals surface area contributed by atoms with Gasteiger partial charge in [-0.1, -0.05) is 41.9 Å². The summed E-state index contributed by atoms with van der Waals surface area (Å²) in [5.74, 6) is 0.746. The van der Waals surface area contributed by atoms with Crippen molar-refractivity contribution in [3.05, 3.63) is 106 Å². The first-order valence-electron chi connectivity index (χ1n) is 12.6. The van der Waals surface area contributed by atoms with Gasteiger partial charge in [-0.25, -0.2) is 0 Å². The molecule has 0 aliphatic carbocycles. The molecule has 1 aliphatic heterocycles. The van der Waals surface area contributed by atoms with Gasteiger partial charge in [-0.05, 0) is 73.5 Å². The average Bonchev–Trinajstić information content (AvgIpc) is 3.29. The van der Waals surface area contributed by atoms with Crippen LogP contribution in [-0.2, 0) is 0 Å². The average molecular weight is 528 g/mol. The van der Waals surface area contributed by atoms with Gasteiger partial charge in [-0.15, -0.1) is 0 Å². The van der Waals surface area contributed by atoms with Crippen LogP contribution >= 0.6 is 11.6 Å². The molecule has 4 aromatic rings. The highest BCUT2D eigenvalue weighted by Crippen LogP contribution is 2.32. The van der Waals surface area contributed by atoms with Crippen molar-refractivity contribution in [3.63, 3.8) is 0 Å². The minimum Gasteiger partial charge on any atom is -0.497 e. The maximum Gasteiger partial charge on any atom is 0.255 e. The first-order valence-corrected chi connectivity index (χ1v) is 13.0. The van der Waals surface area contributed by atoms with Gasteiger partial charge < -0.3 is 19.1 Å². The van der Waals surface area contributed by atoms with Crippen molar-refractivity contribution in [3.8, 4) is 22.7 Å². The number of rotatable bonds is 5. The van der Waals surface area contributed by atoms with Gasteiger partial charge in [0.15, 0.2) is 0 Å². The SMILES string of the molecule is COc1ccc(-n2c(-c3ccc(Cl)cc3)cc(C(=O)N3CCN(C(=O)c4ccccc4C)CC3)c2C)cc1. The maximum atomic E-state index is 13.8. The third kappa shape index (κ3) is 4.92. The van der Waals surface area contributed by atoms with Crippen LogP contribution in [0.2, 0.25) is 5.02 Å². The Labute approximate surface area is 228 Å². The summed E-state index contributed by atoms with van der Waals surface area (Å²) in [4.78, 5) is 30.5. The van der Waals surface area contributed by atoms with Gasteiger partial charge in [0.05, 0.1) is 18.4 Å². The second-order valence-corrected chi connectivity index (χ2v) is 9.90. The first-order chi connectivity index (χ1) is 18.4. The number of halogens is 1. The van der Waals surface area contributed by atoms with Crippen molar-refractivity contribution in [1.29, 1.82) is 0 Å². The molecule has 1 saturated heterocycles. The van der Waals surface area contributed by atoms with Gasteiger partial charge in [0.25, 0.3) is 11.8 Å². The quantitative estimate of drug-likeness (QED) is 0.319. The lowest BCUT2D eigenvalue weighted by Gasteiger charge is -2.35. The van der Waals surface area contributed by atoms with Crippen molar-refractivity contribution in [2.45, 2.75) is 13.8 Å². The number of carbonyl (C=O) groups excluding carboxylic acids is 2. The lowest BCUT2D eigenvalue weighted by molar-refractivity contribution is 0.0534. The zero-order valence-electron chi connectivity index (χ0n) is 21.8. The summed E-state index contributed by atoms with van der Waals surface area (Å²) in [6.07, 6.45) is 0. The summed E-state index contributed by atoms with van der Waals surface area (Å²) in [5.41, 5.74) is 5.96. The molecule has 5 rings (SSSR count). The highest BCUT2D eigenvalue weighted by atomic mass is 35.5. The molecule has 7 heteroatoms. The number of nitrogens with zero attached hydrogens (tertiary/aromatic N) is 3. The highest BCUT2D eigenvalue weighted by Gasteiger charge is 2.29. The van der Waals surface area contributed by atoms with E-state index in [0.29, 0.717) is 42.3 Å². The Hall–Kier alpha value is -4.03. The largest absolute Gasteiger partial charge is 0.497 e. The molecule has 0 N–H and O–H groups in total. The van der Waals surface area contributed by atoms with Crippen LogP contribution in [0.15, 0.2) is 78.9 Å². The van der Waals surface area contributed by atoms with Crippen LogP contribution in [0.25, 0.3) is 16.9 Å². The van der Waals surface area contributed by atoms with Crippen molar-refractivity contribution in [2.24, 2.45) is 0 Å². The second-order valence-electron chi connectivity index (χ2n) is 9.47. The Kier molecular flexibility index (Phi) is 7.25. The van der Waals surface area contributed by atoms with Crippen LogP contribution in [0.5, 0.6) is 5.75 Å². The van der Waals surface area contributed by atoms with Crippen LogP contribution in [0.3, 0.4) is 0 Å². The molecule has 2 heterocycles. The minimum absolute atomic E-state index is 0.0158. The Balaban J connectivity index is 1.42. The van der Waals surface area contributed by atoms with E-state index in [-0.39, 0.29) is 11.8 Å². The molecule has 3 aromatic carbocycles. The van der Waals surface area contributed by atoms with Gasteiger partial charge in [0.1, 0.15) is 5.75 Å². The molecule has 0 bridgehead atoms. The summed E-state index contributed by atoms with van der Waals surface area (Å²) >= 11 is 6.15. The van der Waals surface area contributed by atoms with Crippen molar-refractivity contribution in [2.75, 3.05) is 33.3 Å². The molecule has 0 saturated carbocycles. The van der Waals surface area contributed by atoms with Gasteiger partial charge >= 0.3 is 0 Å². The standard InChI is InChI=1S/C31H30ClN3O3/c1-21-6-4-5-7-27(21)30(36)33-16-18-34(19-17-33)31(37)28-20-29(23-8-10-24(32)11-9-23)35(22(28)2)25-12-14-26(38-3)15-13-25/h4-15,20H,16-19H2,1-3H3. The number of carbonyl (C=O) groups is 2. The van der Waals surface area contributed by atoms with E-state index < -0.39 is 0 Å². The van der Waals surface area contributed by atoms with Gasteiger partial charge in [0.2, 0.25) is 0 Å². The molecule has 2 amide bonds. The fourth-order valence-electron chi connectivity index (χ4n) is 4.99. The number of aromatic nitrogens is 1. The normalized spacial score (nSPS) is 13.5. The van der Waals surface area contributed by atoms with Crippen molar-refractivity contribution in [1.82, 2.24) is 14.4 Å². The van der Waals surface area contributed by atoms with E-state index in [0.717, 1.165) is 34.0 Å². The molecular weight excluding hydrogens is 498 g/mol. The number of amides is 2. The van der Waals surface area contributed by atoms with Gasteiger partial charge in [-0.3, -0.25) is 9.59 Å². The number of methoxy groups -OCH3 is 1. The second kappa shape index (κ2) is 10.8. The molecule has 1 fully saturated rings. The molecule has 6 nitrogen and oxygen atoms in total. The van der Waals surface area contributed by atoms with Crippen LogP contribution in [0, 0.1) is 13.8 Å². The van der Waals surface area contributed by atoms with Gasteiger partial charge in [-0.2, -0.15) is 0 Å². The van der Waals surface area contributed by atoms with Crippen LogP contribution in [0.1, 0.15) is 32.0 Å². The Morgan fingerprint density at radius 3 is 1.92 bits per heavy atom. The van der Waals surface area contributed by atoms with E-state index >= 15 is 0 Å². The van der Waals surface area contributed by atoms with Crippen molar-refractivity contribution >= 4 is 23.4 Å². The summed E-state index contributed by atoms with van der Waals surface area (Å²) in [7, 11) is 1.64. The summed E-state index contributed by atoms with van der Waals surface area (Å²) < 4.78 is 7.42. The smallest absolute Gasteiger partial charge is 0.255 e. The Morgan fingerprint density at radius 1 is 0.763 bits per heavy atom. The number of hydrogen-bond donors (Lipinski definition) is 0. The van der Waals surface area contributed by atoms with Crippen LogP contribution in [-0.4, -0.2) is 59.5 Å². The predicted octanol–water partition coefficient (Wildman–Crippen LogP) is 6.02. The van der Waals surface area contributed by atoms with E-state index in [1.54, 1.807) is 7.11 Å². The number of piperazine rings is 1. The number of benzene rings is 3. The number of hydrogen-bond acceptors (Lipinski definition) is 3. The molecular formula is C31H30ClN3O3. The third-order valence-corrected chi connectivity index (χ3v) is 7.43. The van der Waals surface area contributed by atoms with E-state index in [2.05, 4.69) is 4.57 Å². The lowest BCUT2D eigenvalue weighted by atomic mass is 10.1. The Bertz CT molecular complexity index is 1470.